The summed E-state index contributed by atoms with van der Waals surface area (Å²) in [5.74, 6) is -0.0530. The number of hydrogen-bond acceptors (Lipinski definition) is 4. The van der Waals surface area contributed by atoms with E-state index in [1.807, 2.05) is 0 Å². The lowest BCUT2D eigenvalue weighted by Gasteiger charge is -2.21. The molecule has 108 valence electrons. The Hall–Kier alpha value is -2.30. The van der Waals surface area contributed by atoms with Crippen LogP contribution in [-0.2, 0) is 9.53 Å². The summed E-state index contributed by atoms with van der Waals surface area (Å²) in [5.41, 5.74) is 0.460. The third kappa shape index (κ3) is 4.12. The molecule has 0 unspecified atom stereocenters. The van der Waals surface area contributed by atoms with Gasteiger partial charge in [-0.2, -0.15) is 0 Å². The van der Waals surface area contributed by atoms with Gasteiger partial charge in [0.1, 0.15) is 5.75 Å². The third-order valence-corrected chi connectivity index (χ3v) is 2.79. The molecule has 0 atom stereocenters. The predicted molar refractivity (Wildman–Crippen MR) is 75.7 cm³/mol. The highest BCUT2D eigenvalue weighted by molar-refractivity contribution is 5.97. The first-order chi connectivity index (χ1) is 9.63. The summed E-state index contributed by atoms with van der Waals surface area (Å²) < 4.78 is 9.76. The van der Waals surface area contributed by atoms with Crippen LogP contribution in [0.1, 0.15) is 16.8 Å². The number of nitrogens with zero attached hydrogens (tertiary/aromatic N) is 1. The Labute approximate surface area is 118 Å². The fourth-order valence-corrected chi connectivity index (χ4v) is 1.75. The number of amides is 1. The average Bonchev–Trinajstić information content (AvgIpc) is 2.50. The van der Waals surface area contributed by atoms with E-state index < -0.39 is 0 Å². The number of methoxy groups -OCH3 is 2. The van der Waals surface area contributed by atoms with Gasteiger partial charge in [-0.15, -0.1) is 6.58 Å². The van der Waals surface area contributed by atoms with E-state index in [2.05, 4.69) is 11.3 Å². The molecule has 0 aliphatic carbocycles. The zero-order valence-electron chi connectivity index (χ0n) is 11.8. The van der Waals surface area contributed by atoms with Crippen LogP contribution in [0.2, 0.25) is 0 Å². The van der Waals surface area contributed by atoms with Gasteiger partial charge in [-0.3, -0.25) is 9.59 Å². The van der Waals surface area contributed by atoms with Gasteiger partial charge in [0.15, 0.2) is 0 Å². The van der Waals surface area contributed by atoms with E-state index in [1.165, 1.54) is 19.1 Å². The van der Waals surface area contributed by atoms with Crippen LogP contribution in [0, 0.1) is 0 Å². The molecule has 1 aromatic carbocycles. The van der Waals surface area contributed by atoms with Crippen molar-refractivity contribution in [2.45, 2.75) is 6.42 Å². The minimum atomic E-state index is -0.355. The van der Waals surface area contributed by atoms with E-state index in [1.54, 1.807) is 30.3 Å². The Balaban J connectivity index is 2.87. The summed E-state index contributed by atoms with van der Waals surface area (Å²) in [5, 5.41) is 0. The molecule has 0 N–H and O–H groups in total. The van der Waals surface area contributed by atoms with E-state index in [0.717, 1.165) is 0 Å². The average molecular weight is 277 g/mol. The third-order valence-electron chi connectivity index (χ3n) is 2.79. The monoisotopic (exact) mass is 277 g/mol. The van der Waals surface area contributed by atoms with Crippen LogP contribution >= 0.6 is 0 Å². The number of rotatable bonds is 7. The van der Waals surface area contributed by atoms with Crippen molar-refractivity contribution >= 4 is 11.9 Å². The second kappa shape index (κ2) is 7.99. The van der Waals surface area contributed by atoms with Gasteiger partial charge in [0.05, 0.1) is 26.2 Å². The summed E-state index contributed by atoms with van der Waals surface area (Å²) in [6.07, 6.45) is 1.76. The normalized spacial score (nSPS) is 9.70. The molecule has 0 saturated heterocycles. The van der Waals surface area contributed by atoms with Crippen molar-refractivity contribution in [1.82, 2.24) is 4.90 Å². The molecule has 1 rings (SSSR count). The number of carbonyl (C=O) groups excluding carboxylic acids is 2. The maximum absolute atomic E-state index is 12.5. The smallest absolute Gasteiger partial charge is 0.307 e. The summed E-state index contributed by atoms with van der Waals surface area (Å²) in [6.45, 7) is 4.25. The number of para-hydroxylation sites is 1. The maximum Gasteiger partial charge on any atom is 0.307 e. The molecule has 0 spiro atoms. The number of ether oxygens (including phenoxy) is 2. The first kappa shape index (κ1) is 15.8. The van der Waals surface area contributed by atoms with Gasteiger partial charge in [0.2, 0.25) is 0 Å². The number of carbonyl (C=O) groups is 2. The second-order valence-corrected chi connectivity index (χ2v) is 4.07. The predicted octanol–water partition coefficient (Wildman–Crippen LogP) is 1.89. The first-order valence-electron chi connectivity index (χ1n) is 6.24. The highest BCUT2D eigenvalue weighted by Crippen LogP contribution is 2.19. The molecule has 0 heterocycles. The fraction of sp³-hybridized carbons (Fsp3) is 0.333. The number of benzene rings is 1. The van der Waals surface area contributed by atoms with E-state index in [9.17, 15) is 9.59 Å². The molecule has 5 nitrogen and oxygen atoms in total. The van der Waals surface area contributed by atoms with Crippen molar-refractivity contribution in [3.63, 3.8) is 0 Å². The van der Waals surface area contributed by atoms with E-state index in [4.69, 9.17) is 4.74 Å². The van der Waals surface area contributed by atoms with E-state index in [0.29, 0.717) is 17.9 Å². The van der Waals surface area contributed by atoms with Gasteiger partial charge in [0, 0.05) is 13.1 Å². The SMILES string of the molecule is C=CCN(CCC(=O)OC)C(=O)c1ccccc1OC. The molecule has 0 saturated carbocycles. The van der Waals surface area contributed by atoms with Crippen molar-refractivity contribution in [3.8, 4) is 5.75 Å². The van der Waals surface area contributed by atoms with E-state index in [-0.39, 0.29) is 24.8 Å². The van der Waals surface area contributed by atoms with Crippen LogP contribution in [0.3, 0.4) is 0 Å². The van der Waals surface area contributed by atoms with Crippen LogP contribution in [0.5, 0.6) is 5.75 Å². The van der Waals surface area contributed by atoms with Gasteiger partial charge in [-0.05, 0) is 12.1 Å². The highest BCUT2D eigenvalue weighted by atomic mass is 16.5. The summed E-state index contributed by atoms with van der Waals surface area (Å²) in [4.78, 5) is 25.2. The number of esters is 1. The van der Waals surface area contributed by atoms with Crippen LogP contribution < -0.4 is 4.74 Å². The van der Waals surface area contributed by atoms with Gasteiger partial charge in [0.25, 0.3) is 5.91 Å². The Bertz CT molecular complexity index is 485. The molecule has 1 amide bonds. The Morgan fingerprint density at radius 3 is 2.60 bits per heavy atom. The summed E-state index contributed by atoms with van der Waals surface area (Å²) >= 11 is 0. The zero-order chi connectivity index (χ0) is 15.0. The van der Waals surface area contributed by atoms with Gasteiger partial charge in [-0.1, -0.05) is 18.2 Å². The Morgan fingerprint density at radius 2 is 2.00 bits per heavy atom. The van der Waals surface area contributed by atoms with Crippen molar-refractivity contribution in [2.75, 3.05) is 27.3 Å². The molecule has 0 radical (unpaired) electrons. The van der Waals surface area contributed by atoms with E-state index >= 15 is 0 Å². The minimum Gasteiger partial charge on any atom is -0.496 e. The summed E-state index contributed by atoms with van der Waals surface area (Å²) in [7, 11) is 2.83. The van der Waals surface area contributed by atoms with Crippen LogP contribution in [0.25, 0.3) is 0 Å². The fourth-order valence-electron chi connectivity index (χ4n) is 1.75. The lowest BCUT2D eigenvalue weighted by Crippen LogP contribution is -2.33. The molecule has 0 fully saturated rings. The molecule has 1 aromatic rings. The highest BCUT2D eigenvalue weighted by Gasteiger charge is 2.19. The van der Waals surface area contributed by atoms with Crippen LogP contribution in [0.15, 0.2) is 36.9 Å². The maximum atomic E-state index is 12.5. The molecule has 20 heavy (non-hydrogen) atoms. The zero-order valence-corrected chi connectivity index (χ0v) is 11.8. The van der Waals surface area contributed by atoms with Gasteiger partial charge >= 0.3 is 5.97 Å². The van der Waals surface area contributed by atoms with Crippen molar-refractivity contribution in [1.29, 1.82) is 0 Å². The quantitative estimate of drug-likeness (QED) is 0.564. The van der Waals surface area contributed by atoms with Crippen molar-refractivity contribution in [2.24, 2.45) is 0 Å². The minimum absolute atomic E-state index is 0.144. The largest absolute Gasteiger partial charge is 0.496 e. The lowest BCUT2D eigenvalue weighted by atomic mass is 10.1. The molecule has 0 aromatic heterocycles. The van der Waals surface area contributed by atoms with Crippen molar-refractivity contribution in [3.05, 3.63) is 42.5 Å². The lowest BCUT2D eigenvalue weighted by molar-refractivity contribution is -0.140. The second-order valence-electron chi connectivity index (χ2n) is 4.07. The molecular weight excluding hydrogens is 258 g/mol. The van der Waals surface area contributed by atoms with Gasteiger partial charge < -0.3 is 14.4 Å². The molecule has 0 aliphatic heterocycles. The van der Waals surface area contributed by atoms with Crippen molar-refractivity contribution < 1.29 is 19.1 Å². The number of hydrogen-bond donors (Lipinski definition) is 0. The standard InChI is InChI=1S/C15H19NO4/c1-4-10-16(11-9-14(17)20-3)15(18)12-7-5-6-8-13(12)19-2/h4-8H,1,9-11H2,2-3H3. The Kier molecular flexibility index (Phi) is 6.29. The molecular formula is C15H19NO4. The topological polar surface area (TPSA) is 55.8 Å². The molecule has 0 aliphatic rings. The molecule has 0 bridgehead atoms. The van der Waals surface area contributed by atoms with Crippen LogP contribution in [-0.4, -0.2) is 44.1 Å². The summed E-state index contributed by atoms with van der Waals surface area (Å²) in [6, 6.07) is 6.97. The van der Waals surface area contributed by atoms with Crippen LogP contribution in [0.4, 0.5) is 0 Å². The van der Waals surface area contributed by atoms with Gasteiger partial charge in [-0.25, -0.2) is 0 Å². The Morgan fingerprint density at radius 1 is 1.30 bits per heavy atom. The first-order valence-corrected chi connectivity index (χ1v) is 6.24. The molecule has 5 heteroatoms.